The quantitative estimate of drug-likeness (QED) is 0.383. The van der Waals surface area contributed by atoms with E-state index in [1.807, 2.05) is 0 Å². The number of anilines is 1. The number of rotatable bonds is 3. The minimum Gasteiger partial charge on any atom is -0.307 e. The van der Waals surface area contributed by atoms with Gasteiger partial charge in [-0.3, -0.25) is 14.5 Å². The van der Waals surface area contributed by atoms with E-state index in [2.05, 4.69) is 15.4 Å². The molecule has 33 heavy (non-hydrogen) atoms. The van der Waals surface area contributed by atoms with Crippen LogP contribution in [0.2, 0.25) is 0 Å². The Morgan fingerprint density at radius 1 is 0.939 bits per heavy atom. The predicted octanol–water partition coefficient (Wildman–Crippen LogP) is 5.93. The Labute approximate surface area is 182 Å². The van der Waals surface area contributed by atoms with E-state index < -0.39 is 29.5 Å². The van der Waals surface area contributed by atoms with Gasteiger partial charge in [-0.15, -0.1) is 0 Å². The van der Waals surface area contributed by atoms with Crippen LogP contribution in [0.25, 0.3) is 22.0 Å². The highest BCUT2D eigenvalue weighted by molar-refractivity contribution is 6.06. The molecule has 0 aliphatic carbocycles. The van der Waals surface area contributed by atoms with Gasteiger partial charge < -0.3 is 5.32 Å². The molecule has 11 heteroatoms. The topological polar surface area (TPSA) is 59.8 Å². The predicted molar refractivity (Wildman–Crippen MR) is 108 cm³/mol. The molecule has 2 heterocycles. The van der Waals surface area contributed by atoms with Crippen molar-refractivity contribution >= 4 is 22.6 Å². The van der Waals surface area contributed by atoms with E-state index >= 15 is 0 Å². The molecule has 5 nitrogen and oxygen atoms in total. The molecular weight excluding hydrogens is 450 g/mol. The fourth-order valence-electron chi connectivity index (χ4n) is 3.30. The number of alkyl halides is 6. The first kappa shape index (κ1) is 22.3. The van der Waals surface area contributed by atoms with Crippen molar-refractivity contribution in [3.05, 3.63) is 77.6 Å². The van der Waals surface area contributed by atoms with Crippen molar-refractivity contribution in [3.8, 4) is 11.1 Å². The third kappa shape index (κ3) is 4.52. The van der Waals surface area contributed by atoms with Crippen LogP contribution in [0.15, 0.2) is 60.8 Å². The average Bonchev–Trinajstić information content (AvgIpc) is 3.13. The number of fused-ring (bicyclic) bond motifs is 1. The Balaban J connectivity index is 1.63. The van der Waals surface area contributed by atoms with Crippen LogP contribution >= 0.6 is 0 Å². The number of aromatic nitrogens is 3. The molecule has 2 aromatic heterocycles. The molecule has 0 atom stereocenters. The number of carbonyl (C=O) groups excluding carboxylic acids is 1. The standard InChI is InChI=1S/C22H14F6N4O/c1-32-19(10-18(31-32)22(26,27)28)30-20(33)13-7-6-12-8-14(11-29-17(12)9-13)15-4-2-3-5-16(15)21(23,24)25/h2-11H,1H3,(H,30,33). The smallest absolute Gasteiger partial charge is 0.307 e. The first-order valence-corrected chi connectivity index (χ1v) is 9.42. The molecule has 0 unspecified atom stereocenters. The molecule has 0 aliphatic rings. The highest BCUT2D eigenvalue weighted by atomic mass is 19.4. The Kier molecular flexibility index (Phi) is 5.35. The molecule has 0 aliphatic heterocycles. The summed E-state index contributed by atoms with van der Waals surface area (Å²) >= 11 is 0. The highest BCUT2D eigenvalue weighted by Gasteiger charge is 2.35. The average molecular weight is 464 g/mol. The van der Waals surface area contributed by atoms with Gasteiger partial charge in [0.2, 0.25) is 0 Å². The molecule has 170 valence electrons. The van der Waals surface area contributed by atoms with Crippen LogP contribution in [-0.4, -0.2) is 20.7 Å². The van der Waals surface area contributed by atoms with Crippen molar-refractivity contribution in [1.82, 2.24) is 14.8 Å². The van der Waals surface area contributed by atoms with Crippen LogP contribution in [0.5, 0.6) is 0 Å². The van der Waals surface area contributed by atoms with E-state index in [4.69, 9.17) is 0 Å². The second-order valence-electron chi connectivity index (χ2n) is 7.17. The summed E-state index contributed by atoms with van der Waals surface area (Å²) in [6, 6.07) is 11.6. The van der Waals surface area contributed by atoms with Crippen molar-refractivity contribution in [2.24, 2.45) is 7.05 Å². The maximum absolute atomic E-state index is 13.3. The zero-order valence-electron chi connectivity index (χ0n) is 16.8. The van der Waals surface area contributed by atoms with E-state index in [0.717, 1.165) is 10.7 Å². The molecule has 0 bridgehead atoms. The van der Waals surface area contributed by atoms with Crippen molar-refractivity contribution in [2.75, 3.05) is 5.32 Å². The van der Waals surface area contributed by atoms with E-state index in [-0.39, 0.29) is 22.5 Å². The summed E-state index contributed by atoms with van der Waals surface area (Å²) in [7, 11) is 1.26. The molecule has 4 rings (SSSR count). The van der Waals surface area contributed by atoms with Crippen LogP contribution in [0, 0.1) is 0 Å². The number of hydrogen-bond donors (Lipinski definition) is 1. The molecule has 0 saturated carbocycles. The number of amides is 1. The van der Waals surface area contributed by atoms with Crippen LogP contribution in [-0.2, 0) is 19.4 Å². The second kappa shape index (κ2) is 7.91. The SMILES string of the molecule is Cn1nc(C(F)(F)F)cc1NC(=O)c1ccc2cc(-c3ccccc3C(F)(F)F)cnc2c1. The van der Waals surface area contributed by atoms with Crippen molar-refractivity contribution in [3.63, 3.8) is 0 Å². The van der Waals surface area contributed by atoms with Crippen molar-refractivity contribution < 1.29 is 31.1 Å². The maximum Gasteiger partial charge on any atom is 0.435 e. The van der Waals surface area contributed by atoms with Gasteiger partial charge in [0.25, 0.3) is 5.91 Å². The molecule has 0 radical (unpaired) electrons. The number of benzene rings is 2. The lowest BCUT2D eigenvalue weighted by Gasteiger charge is -2.13. The zero-order chi connectivity index (χ0) is 24.0. The largest absolute Gasteiger partial charge is 0.435 e. The Morgan fingerprint density at radius 3 is 2.33 bits per heavy atom. The van der Waals surface area contributed by atoms with Crippen LogP contribution in [0.4, 0.5) is 32.2 Å². The van der Waals surface area contributed by atoms with Gasteiger partial charge in [0.15, 0.2) is 5.69 Å². The van der Waals surface area contributed by atoms with E-state index in [1.54, 1.807) is 0 Å². The van der Waals surface area contributed by atoms with Crippen LogP contribution < -0.4 is 5.32 Å². The number of carbonyl (C=O) groups is 1. The number of nitrogens with one attached hydrogen (secondary N) is 1. The molecule has 1 amide bonds. The summed E-state index contributed by atoms with van der Waals surface area (Å²) in [5.41, 5.74) is -1.28. The number of pyridine rings is 1. The lowest BCUT2D eigenvalue weighted by Crippen LogP contribution is -2.14. The molecule has 1 N–H and O–H groups in total. The first-order valence-electron chi connectivity index (χ1n) is 9.42. The second-order valence-corrected chi connectivity index (χ2v) is 7.17. The minimum atomic E-state index is -4.66. The van der Waals surface area contributed by atoms with Gasteiger partial charge in [-0.05, 0) is 29.8 Å². The molecule has 4 aromatic rings. The summed E-state index contributed by atoms with van der Waals surface area (Å²) in [5.74, 6) is -0.846. The lowest BCUT2D eigenvalue weighted by molar-refractivity contribution is -0.141. The third-order valence-electron chi connectivity index (χ3n) is 4.90. The highest BCUT2D eigenvalue weighted by Crippen LogP contribution is 2.37. The maximum atomic E-state index is 13.3. The number of hydrogen-bond acceptors (Lipinski definition) is 3. The van der Waals surface area contributed by atoms with Crippen molar-refractivity contribution in [2.45, 2.75) is 12.4 Å². The zero-order valence-corrected chi connectivity index (χ0v) is 16.8. The molecule has 0 fully saturated rings. The summed E-state index contributed by atoms with van der Waals surface area (Å²) in [4.78, 5) is 16.7. The number of nitrogens with zero attached hydrogens (tertiary/aromatic N) is 3. The monoisotopic (exact) mass is 464 g/mol. The fourth-order valence-corrected chi connectivity index (χ4v) is 3.30. The number of aryl methyl sites for hydroxylation is 1. The summed E-state index contributed by atoms with van der Waals surface area (Å²) in [5, 5.41) is 6.17. The molecule has 2 aromatic carbocycles. The first-order chi connectivity index (χ1) is 15.4. The van der Waals surface area contributed by atoms with Gasteiger partial charge in [0.1, 0.15) is 5.82 Å². The lowest BCUT2D eigenvalue weighted by atomic mass is 9.99. The third-order valence-corrected chi connectivity index (χ3v) is 4.90. The molecule has 0 spiro atoms. The Hall–Kier alpha value is -3.89. The summed E-state index contributed by atoms with van der Waals surface area (Å²) in [6.45, 7) is 0. The normalized spacial score (nSPS) is 12.2. The minimum absolute atomic E-state index is 0.0297. The Morgan fingerprint density at radius 2 is 1.67 bits per heavy atom. The van der Waals surface area contributed by atoms with Gasteiger partial charge in [-0.2, -0.15) is 31.4 Å². The van der Waals surface area contributed by atoms with Gasteiger partial charge in [0, 0.05) is 35.8 Å². The Bertz CT molecular complexity index is 1360. The van der Waals surface area contributed by atoms with E-state index in [1.165, 1.54) is 55.7 Å². The molecular formula is C22H14F6N4O. The van der Waals surface area contributed by atoms with Crippen LogP contribution in [0.3, 0.4) is 0 Å². The van der Waals surface area contributed by atoms with Crippen LogP contribution in [0.1, 0.15) is 21.6 Å². The van der Waals surface area contributed by atoms with Gasteiger partial charge in [-0.25, -0.2) is 0 Å². The fraction of sp³-hybridized carbons (Fsp3) is 0.136. The van der Waals surface area contributed by atoms with Gasteiger partial charge in [-0.1, -0.05) is 24.3 Å². The van der Waals surface area contributed by atoms with Gasteiger partial charge >= 0.3 is 12.4 Å². The van der Waals surface area contributed by atoms with E-state index in [9.17, 15) is 31.1 Å². The van der Waals surface area contributed by atoms with Gasteiger partial charge in [0.05, 0.1) is 11.1 Å². The molecule has 0 saturated heterocycles. The van der Waals surface area contributed by atoms with Crippen molar-refractivity contribution in [1.29, 1.82) is 0 Å². The summed E-state index contributed by atoms with van der Waals surface area (Å²) in [6.07, 6.45) is -7.92. The summed E-state index contributed by atoms with van der Waals surface area (Å²) < 4.78 is 79.3. The number of halogens is 6. The van der Waals surface area contributed by atoms with E-state index in [0.29, 0.717) is 17.0 Å².